The molecule has 1 amide bonds. The maximum absolute atomic E-state index is 12.6. The highest BCUT2D eigenvalue weighted by Crippen LogP contribution is 2.19. The molecule has 21 heavy (non-hydrogen) atoms. The van der Waals surface area contributed by atoms with E-state index >= 15 is 0 Å². The van der Waals surface area contributed by atoms with E-state index in [-0.39, 0.29) is 19.5 Å². The fourth-order valence-corrected chi connectivity index (χ4v) is 1.84. The van der Waals surface area contributed by atoms with Gasteiger partial charge in [-0.3, -0.25) is 4.79 Å². The fourth-order valence-electron chi connectivity index (χ4n) is 1.84. The second-order valence-electron chi connectivity index (χ2n) is 4.65. The zero-order valence-electron chi connectivity index (χ0n) is 11.8. The molecule has 0 aliphatic heterocycles. The molecule has 7 heteroatoms. The Hall–Kier alpha value is -1.60. The van der Waals surface area contributed by atoms with Crippen molar-refractivity contribution in [3.63, 3.8) is 0 Å². The third-order valence-electron chi connectivity index (χ3n) is 2.94. The molecule has 1 rings (SSSR count). The minimum atomic E-state index is -4.45. The molecule has 0 bridgehead atoms. The molecule has 4 nitrogen and oxygen atoms in total. The second kappa shape index (κ2) is 7.99. The number of carbonyl (C=O) groups is 1. The van der Waals surface area contributed by atoms with E-state index in [0.29, 0.717) is 5.56 Å². The van der Waals surface area contributed by atoms with Gasteiger partial charge in [-0.05, 0) is 5.56 Å². The average molecular weight is 304 g/mol. The molecule has 0 saturated carbocycles. The molecule has 0 heterocycles. The summed E-state index contributed by atoms with van der Waals surface area (Å²) in [6.45, 7) is -1.31. The van der Waals surface area contributed by atoms with Gasteiger partial charge in [0, 0.05) is 20.2 Å². The summed E-state index contributed by atoms with van der Waals surface area (Å²) in [5.74, 6) is -0.631. The lowest BCUT2D eigenvalue weighted by Gasteiger charge is -2.25. The molecule has 1 aromatic carbocycles. The number of alkyl halides is 3. The lowest BCUT2D eigenvalue weighted by molar-refractivity contribution is -0.163. The summed E-state index contributed by atoms with van der Waals surface area (Å²) in [6, 6.07) is 8.53. The number of halogens is 3. The maximum Gasteiger partial charge on any atom is 0.406 e. The summed E-state index contributed by atoms with van der Waals surface area (Å²) >= 11 is 0. The van der Waals surface area contributed by atoms with Crippen molar-refractivity contribution in [2.24, 2.45) is 5.73 Å². The molecular weight excluding hydrogens is 285 g/mol. The van der Waals surface area contributed by atoms with Crippen LogP contribution in [0.1, 0.15) is 12.0 Å². The van der Waals surface area contributed by atoms with Crippen molar-refractivity contribution in [2.75, 3.05) is 20.2 Å². The lowest BCUT2D eigenvalue weighted by atomic mass is 10.2. The van der Waals surface area contributed by atoms with E-state index in [4.69, 9.17) is 10.5 Å². The van der Waals surface area contributed by atoms with Gasteiger partial charge in [0.2, 0.25) is 5.91 Å². The first-order valence-corrected chi connectivity index (χ1v) is 6.47. The van der Waals surface area contributed by atoms with Crippen molar-refractivity contribution in [1.29, 1.82) is 0 Å². The summed E-state index contributed by atoms with van der Waals surface area (Å²) in [4.78, 5) is 12.8. The minimum absolute atomic E-state index is 0.0768. The number of benzene rings is 1. The monoisotopic (exact) mass is 304 g/mol. The summed E-state index contributed by atoms with van der Waals surface area (Å²) < 4.78 is 42.8. The molecule has 0 aliphatic rings. The first kappa shape index (κ1) is 17.5. The van der Waals surface area contributed by atoms with E-state index in [0.717, 1.165) is 4.90 Å². The number of methoxy groups -OCH3 is 1. The van der Waals surface area contributed by atoms with Crippen LogP contribution in [0.15, 0.2) is 30.3 Å². The van der Waals surface area contributed by atoms with Gasteiger partial charge in [-0.2, -0.15) is 13.2 Å². The van der Waals surface area contributed by atoms with E-state index in [1.54, 1.807) is 30.3 Å². The third-order valence-corrected chi connectivity index (χ3v) is 2.94. The molecule has 1 unspecified atom stereocenters. The quantitative estimate of drug-likeness (QED) is 0.837. The number of hydrogen-bond donors (Lipinski definition) is 1. The molecule has 1 atom stereocenters. The molecule has 0 aliphatic carbocycles. The molecule has 0 saturated heterocycles. The molecule has 0 aromatic heterocycles. The summed E-state index contributed by atoms with van der Waals surface area (Å²) in [5.41, 5.74) is 6.03. The van der Waals surface area contributed by atoms with Gasteiger partial charge >= 0.3 is 6.18 Å². The molecular formula is C14H19F3N2O2. The highest BCUT2D eigenvalue weighted by atomic mass is 19.4. The van der Waals surface area contributed by atoms with E-state index < -0.39 is 24.7 Å². The SMILES string of the molecule is COC(CN)CC(=O)N(Cc1ccccc1)CC(F)(F)F. The number of ether oxygens (including phenoxy) is 1. The van der Waals surface area contributed by atoms with Crippen molar-refractivity contribution in [3.8, 4) is 0 Å². The van der Waals surface area contributed by atoms with Crippen molar-refractivity contribution >= 4 is 5.91 Å². The zero-order valence-corrected chi connectivity index (χ0v) is 11.8. The van der Waals surface area contributed by atoms with Gasteiger partial charge in [-0.25, -0.2) is 0 Å². The predicted molar refractivity (Wildman–Crippen MR) is 72.4 cm³/mol. The highest BCUT2D eigenvalue weighted by molar-refractivity contribution is 5.76. The number of amides is 1. The average Bonchev–Trinajstić information content (AvgIpc) is 2.43. The van der Waals surface area contributed by atoms with Crippen LogP contribution in [0.4, 0.5) is 13.2 Å². The Morgan fingerprint density at radius 3 is 2.43 bits per heavy atom. The summed E-state index contributed by atoms with van der Waals surface area (Å²) in [7, 11) is 1.37. The second-order valence-corrected chi connectivity index (χ2v) is 4.65. The van der Waals surface area contributed by atoms with Crippen LogP contribution in [0.5, 0.6) is 0 Å². The first-order valence-electron chi connectivity index (χ1n) is 6.47. The van der Waals surface area contributed by atoms with Gasteiger partial charge in [0.25, 0.3) is 0 Å². The smallest absolute Gasteiger partial charge is 0.380 e. The first-order chi connectivity index (χ1) is 9.85. The van der Waals surface area contributed by atoms with Crippen LogP contribution < -0.4 is 5.73 Å². The Balaban J connectivity index is 2.79. The van der Waals surface area contributed by atoms with Gasteiger partial charge in [0.1, 0.15) is 6.54 Å². The molecule has 118 valence electrons. The van der Waals surface area contributed by atoms with Crippen molar-refractivity contribution in [1.82, 2.24) is 4.90 Å². The fraction of sp³-hybridized carbons (Fsp3) is 0.500. The van der Waals surface area contributed by atoms with Gasteiger partial charge in [0.05, 0.1) is 12.5 Å². The van der Waals surface area contributed by atoms with E-state index in [1.807, 2.05) is 0 Å². The van der Waals surface area contributed by atoms with Crippen LogP contribution in [0.3, 0.4) is 0 Å². The Kier molecular flexibility index (Phi) is 6.64. The lowest BCUT2D eigenvalue weighted by Crippen LogP contribution is -2.41. The predicted octanol–water partition coefficient (Wildman–Crippen LogP) is 1.94. The number of nitrogens with two attached hydrogens (primary N) is 1. The van der Waals surface area contributed by atoms with Gasteiger partial charge in [-0.15, -0.1) is 0 Å². The highest BCUT2D eigenvalue weighted by Gasteiger charge is 2.33. The summed E-state index contributed by atoms with van der Waals surface area (Å²) in [6.07, 6.45) is -5.20. The topological polar surface area (TPSA) is 55.6 Å². The molecule has 0 spiro atoms. The maximum atomic E-state index is 12.6. The van der Waals surface area contributed by atoms with E-state index in [9.17, 15) is 18.0 Å². The standard InChI is InChI=1S/C14H19F3N2O2/c1-21-12(8-18)7-13(20)19(10-14(15,16)17)9-11-5-3-2-4-6-11/h2-6,12H,7-10,18H2,1H3. The normalized spacial score (nSPS) is 13.0. The molecule has 1 aromatic rings. The molecule has 0 fully saturated rings. The van der Waals surface area contributed by atoms with Gasteiger partial charge in [0.15, 0.2) is 0 Å². The Bertz CT molecular complexity index is 434. The van der Waals surface area contributed by atoms with Crippen LogP contribution >= 0.6 is 0 Å². The van der Waals surface area contributed by atoms with Crippen LogP contribution in [0.25, 0.3) is 0 Å². The molecule has 2 N–H and O–H groups in total. The minimum Gasteiger partial charge on any atom is -0.380 e. The van der Waals surface area contributed by atoms with Crippen LogP contribution in [0.2, 0.25) is 0 Å². The summed E-state index contributed by atoms with van der Waals surface area (Å²) in [5, 5.41) is 0. The largest absolute Gasteiger partial charge is 0.406 e. The molecule has 0 radical (unpaired) electrons. The number of nitrogens with zero attached hydrogens (tertiary/aromatic N) is 1. The van der Waals surface area contributed by atoms with Crippen molar-refractivity contribution in [2.45, 2.75) is 25.2 Å². The van der Waals surface area contributed by atoms with Gasteiger partial charge in [-0.1, -0.05) is 30.3 Å². The van der Waals surface area contributed by atoms with Crippen LogP contribution in [-0.2, 0) is 16.1 Å². The van der Waals surface area contributed by atoms with Gasteiger partial charge < -0.3 is 15.4 Å². The van der Waals surface area contributed by atoms with Crippen molar-refractivity contribution < 1.29 is 22.7 Å². The van der Waals surface area contributed by atoms with Crippen LogP contribution in [0, 0.1) is 0 Å². The number of rotatable bonds is 7. The van der Waals surface area contributed by atoms with Crippen molar-refractivity contribution in [3.05, 3.63) is 35.9 Å². The zero-order chi connectivity index (χ0) is 15.9. The Morgan fingerprint density at radius 1 is 1.33 bits per heavy atom. The van der Waals surface area contributed by atoms with E-state index in [1.165, 1.54) is 7.11 Å². The van der Waals surface area contributed by atoms with Crippen LogP contribution in [-0.4, -0.2) is 43.3 Å². The Labute approximate surface area is 121 Å². The van der Waals surface area contributed by atoms with E-state index in [2.05, 4.69) is 0 Å². The third kappa shape index (κ3) is 6.59. The number of hydrogen-bond acceptors (Lipinski definition) is 3. The number of carbonyl (C=O) groups excluding carboxylic acids is 1. The Morgan fingerprint density at radius 2 is 1.95 bits per heavy atom.